The van der Waals surface area contributed by atoms with Crippen LogP contribution in [0, 0.1) is 5.92 Å². The molecule has 1 atom stereocenters. The second-order valence-corrected chi connectivity index (χ2v) is 9.50. The molecule has 1 aliphatic rings. The molecule has 0 fully saturated rings. The molecule has 0 spiro atoms. The molecule has 2 amide bonds. The average Bonchev–Trinajstić information content (AvgIpc) is 3.10. The molecule has 0 aromatic heterocycles. The summed E-state index contributed by atoms with van der Waals surface area (Å²) in [4.78, 5) is 35.4. The van der Waals surface area contributed by atoms with Crippen molar-refractivity contribution >= 4 is 29.7 Å². The highest BCUT2D eigenvalue weighted by atomic mass is 32.2. The zero-order valence-corrected chi connectivity index (χ0v) is 19.7. The maximum Gasteiger partial charge on any atom is 0.407 e. The number of hydrogen-bond donors (Lipinski definition) is 3. The number of fused-ring (bicyclic) bond motifs is 3. The number of carbonyl (C=O) groups is 3. The van der Waals surface area contributed by atoms with Crippen molar-refractivity contribution in [2.24, 2.45) is 5.92 Å². The lowest BCUT2D eigenvalue weighted by molar-refractivity contribution is -0.141. The number of thioether (sulfide) groups is 1. The van der Waals surface area contributed by atoms with Crippen molar-refractivity contribution in [3.63, 3.8) is 0 Å². The molecule has 2 aromatic rings. The smallest absolute Gasteiger partial charge is 0.407 e. The molecule has 0 unspecified atom stereocenters. The number of benzene rings is 2. The summed E-state index contributed by atoms with van der Waals surface area (Å²) in [5.74, 6) is -0.531. The summed E-state index contributed by atoms with van der Waals surface area (Å²) in [5.41, 5.74) is 4.67. The molecule has 0 saturated heterocycles. The number of nitrogens with one attached hydrogen (secondary N) is 2. The molecule has 0 heterocycles. The Balaban J connectivity index is 1.37. The molecule has 0 bridgehead atoms. The van der Waals surface area contributed by atoms with E-state index in [1.807, 2.05) is 38.1 Å². The summed E-state index contributed by atoms with van der Waals surface area (Å²) in [5, 5.41) is 14.4. The second-order valence-electron chi connectivity index (χ2n) is 8.39. The minimum absolute atomic E-state index is 0.00856. The van der Waals surface area contributed by atoms with Gasteiger partial charge in [0.05, 0.1) is 5.75 Å². The molecular formula is C25H30N2O5S. The van der Waals surface area contributed by atoms with Gasteiger partial charge < -0.3 is 20.5 Å². The number of carboxylic acids is 1. The lowest BCUT2D eigenvalue weighted by atomic mass is 9.98. The fourth-order valence-corrected chi connectivity index (χ4v) is 4.63. The van der Waals surface area contributed by atoms with Gasteiger partial charge in [-0.3, -0.25) is 4.79 Å². The summed E-state index contributed by atoms with van der Waals surface area (Å²) in [7, 11) is 0. The summed E-state index contributed by atoms with van der Waals surface area (Å²) < 4.78 is 5.48. The zero-order valence-electron chi connectivity index (χ0n) is 18.9. The van der Waals surface area contributed by atoms with E-state index in [-0.39, 0.29) is 30.1 Å². The fraction of sp³-hybridized carbons (Fsp3) is 0.400. The van der Waals surface area contributed by atoms with Crippen LogP contribution in [0.1, 0.15) is 37.3 Å². The first-order chi connectivity index (χ1) is 15.9. The summed E-state index contributed by atoms with van der Waals surface area (Å²) in [6.07, 6.45) is -0.112. The third-order valence-electron chi connectivity index (χ3n) is 5.43. The van der Waals surface area contributed by atoms with Crippen molar-refractivity contribution in [3.05, 3.63) is 59.7 Å². The van der Waals surface area contributed by atoms with Gasteiger partial charge in [0.2, 0.25) is 5.91 Å². The van der Waals surface area contributed by atoms with Crippen molar-refractivity contribution in [3.8, 4) is 11.1 Å². The predicted octanol–water partition coefficient (Wildman–Crippen LogP) is 3.87. The number of hydrogen-bond acceptors (Lipinski definition) is 5. The largest absolute Gasteiger partial charge is 0.480 e. The van der Waals surface area contributed by atoms with Gasteiger partial charge in [0.15, 0.2) is 0 Å². The monoisotopic (exact) mass is 470 g/mol. The molecule has 176 valence electrons. The van der Waals surface area contributed by atoms with Gasteiger partial charge in [-0.15, -0.1) is 0 Å². The Morgan fingerprint density at radius 3 is 2.21 bits per heavy atom. The second kappa shape index (κ2) is 11.7. The summed E-state index contributed by atoms with van der Waals surface area (Å²) >= 11 is 1.33. The van der Waals surface area contributed by atoms with E-state index in [0.717, 1.165) is 11.1 Å². The lowest BCUT2D eigenvalue weighted by Crippen LogP contribution is -2.42. The topological polar surface area (TPSA) is 105 Å². The van der Waals surface area contributed by atoms with Crippen molar-refractivity contribution in [2.45, 2.75) is 32.2 Å². The minimum atomic E-state index is -1.03. The molecule has 0 aliphatic heterocycles. The van der Waals surface area contributed by atoms with Gasteiger partial charge in [-0.25, -0.2) is 9.59 Å². The van der Waals surface area contributed by atoms with Crippen LogP contribution in [0.3, 0.4) is 0 Å². The number of aliphatic carboxylic acids is 1. The van der Waals surface area contributed by atoms with Crippen molar-refractivity contribution < 1.29 is 24.2 Å². The summed E-state index contributed by atoms with van der Waals surface area (Å²) in [6, 6.07) is 15.4. The minimum Gasteiger partial charge on any atom is -0.480 e. The number of ether oxygens (including phenoxy) is 1. The van der Waals surface area contributed by atoms with Crippen molar-refractivity contribution in [1.29, 1.82) is 0 Å². The van der Waals surface area contributed by atoms with Gasteiger partial charge in [-0.05, 0) is 34.6 Å². The first-order valence-electron chi connectivity index (χ1n) is 11.1. The highest BCUT2D eigenvalue weighted by Crippen LogP contribution is 2.44. The van der Waals surface area contributed by atoms with Gasteiger partial charge in [-0.1, -0.05) is 62.4 Å². The van der Waals surface area contributed by atoms with Crippen LogP contribution in [0.15, 0.2) is 48.5 Å². The zero-order chi connectivity index (χ0) is 23.8. The van der Waals surface area contributed by atoms with Crippen LogP contribution >= 0.6 is 11.8 Å². The normalized spacial score (nSPS) is 13.2. The van der Waals surface area contributed by atoms with Crippen LogP contribution in [-0.4, -0.2) is 53.8 Å². The fourth-order valence-electron chi connectivity index (χ4n) is 3.97. The summed E-state index contributed by atoms with van der Waals surface area (Å²) in [6.45, 7) is 4.42. The Labute approximate surface area is 198 Å². The lowest BCUT2D eigenvalue weighted by Gasteiger charge is -2.16. The van der Waals surface area contributed by atoms with Gasteiger partial charge >= 0.3 is 12.1 Å². The molecule has 2 aromatic carbocycles. The van der Waals surface area contributed by atoms with E-state index in [2.05, 4.69) is 34.9 Å². The number of carbonyl (C=O) groups excluding carboxylic acids is 2. The van der Waals surface area contributed by atoms with E-state index < -0.39 is 18.1 Å². The van der Waals surface area contributed by atoms with Crippen LogP contribution in [0.5, 0.6) is 0 Å². The van der Waals surface area contributed by atoms with E-state index in [4.69, 9.17) is 4.74 Å². The Bertz CT molecular complexity index is 949. The predicted molar refractivity (Wildman–Crippen MR) is 129 cm³/mol. The molecule has 1 aliphatic carbocycles. The number of rotatable bonds is 11. The highest BCUT2D eigenvalue weighted by molar-refractivity contribution is 7.99. The first-order valence-corrected chi connectivity index (χ1v) is 12.2. The number of carboxylic acid groups (broad SMARTS) is 1. The molecule has 3 N–H and O–H groups in total. The van der Waals surface area contributed by atoms with Crippen molar-refractivity contribution in [1.82, 2.24) is 10.6 Å². The Hall–Kier alpha value is -3.00. The van der Waals surface area contributed by atoms with Crippen LogP contribution in [0.25, 0.3) is 11.1 Å². The first kappa shape index (κ1) is 24.6. The van der Waals surface area contributed by atoms with Crippen LogP contribution < -0.4 is 10.6 Å². The molecule has 8 heteroatoms. The molecule has 7 nitrogen and oxygen atoms in total. The Morgan fingerprint density at radius 2 is 1.64 bits per heavy atom. The highest BCUT2D eigenvalue weighted by Gasteiger charge is 2.29. The van der Waals surface area contributed by atoms with Gasteiger partial charge in [-0.2, -0.15) is 11.8 Å². The third-order valence-corrected chi connectivity index (χ3v) is 6.39. The quantitative estimate of drug-likeness (QED) is 0.431. The number of amides is 2. The van der Waals surface area contributed by atoms with E-state index in [1.54, 1.807) is 0 Å². The number of alkyl carbamates (subject to hydrolysis) is 1. The average molecular weight is 471 g/mol. The molecule has 0 saturated carbocycles. The molecular weight excluding hydrogens is 440 g/mol. The van der Waals surface area contributed by atoms with E-state index in [1.165, 1.54) is 22.9 Å². The van der Waals surface area contributed by atoms with E-state index >= 15 is 0 Å². The van der Waals surface area contributed by atoms with E-state index in [9.17, 15) is 19.5 Å². The van der Waals surface area contributed by atoms with Gasteiger partial charge in [0, 0.05) is 18.2 Å². The van der Waals surface area contributed by atoms with Crippen LogP contribution in [-0.2, 0) is 14.3 Å². The molecule has 0 radical (unpaired) electrons. The SMILES string of the molecule is CC(C)C[C@H](NC(=O)CSCCNC(=O)OCC1c2ccccc2-c2ccccc21)C(=O)O. The Morgan fingerprint density at radius 1 is 1.03 bits per heavy atom. The van der Waals surface area contributed by atoms with Crippen molar-refractivity contribution in [2.75, 3.05) is 24.7 Å². The molecule has 3 rings (SSSR count). The standard InChI is InChI=1S/C25H30N2O5S/c1-16(2)13-22(24(29)30)27-23(28)15-33-12-11-26-25(31)32-14-21-19-9-5-3-7-17(19)18-8-4-6-10-20(18)21/h3-10,16,21-22H,11-15H2,1-2H3,(H,26,31)(H,27,28)(H,29,30)/t22-/m0/s1. The molecule has 33 heavy (non-hydrogen) atoms. The maximum atomic E-state index is 12.2. The van der Waals surface area contributed by atoms with Gasteiger partial charge in [0.25, 0.3) is 0 Å². The Kier molecular flexibility index (Phi) is 8.77. The van der Waals surface area contributed by atoms with Crippen LogP contribution in [0.4, 0.5) is 4.79 Å². The van der Waals surface area contributed by atoms with E-state index in [0.29, 0.717) is 18.7 Å². The third kappa shape index (κ3) is 6.74. The van der Waals surface area contributed by atoms with Crippen LogP contribution in [0.2, 0.25) is 0 Å². The van der Waals surface area contributed by atoms with Gasteiger partial charge in [0.1, 0.15) is 12.6 Å². The maximum absolute atomic E-state index is 12.2.